The van der Waals surface area contributed by atoms with Crippen molar-refractivity contribution >= 4 is 23.2 Å². The highest BCUT2D eigenvalue weighted by molar-refractivity contribution is 7.99. The second-order valence-corrected chi connectivity index (χ2v) is 8.92. The first-order chi connectivity index (χ1) is 14.2. The number of nitrogen functional groups attached to an aromatic ring is 1. The number of rotatable bonds is 5. The van der Waals surface area contributed by atoms with E-state index in [1.807, 2.05) is 39.1 Å². The number of ketones is 1. The molecule has 0 unspecified atom stereocenters. The molecule has 0 saturated heterocycles. The van der Waals surface area contributed by atoms with Crippen LogP contribution in [0.4, 0.5) is 5.69 Å². The Hall–Kier alpha value is -3.07. The topological polar surface area (TPSA) is 94.9 Å². The standard InChI is InChI=1S/C21H25N7OS/c1-13-10-14(2)28(25-13)19-23-24-20(27(19)22)30-12-15(29)11-18-21(3,4)16-8-6-7-9-17(16)26(18)5/h6-11H,12,22H2,1-5H3/b18-11+. The van der Waals surface area contributed by atoms with Gasteiger partial charge in [-0.25, -0.2) is 9.36 Å². The van der Waals surface area contributed by atoms with Crippen LogP contribution in [0.1, 0.15) is 30.8 Å². The molecule has 0 aliphatic carbocycles. The van der Waals surface area contributed by atoms with Crippen molar-refractivity contribution in [1.82, 2.24) is 24.7 Å². The summed E-state index contributed by atoms with van der Waals surface area (Å²) in [5, 5.41) is 13.1. The molecule has 3 aromatic rings. The van der Waals surface area contributed by atoms with E-state index >= 15 is 0 Å². The van der Waals surface area contributed by atoms with Crippen molar-refractivity contribution in [2.45, 2.75) is 38.3 Å². The molecule has 1 aliphatic rings. The zero-order valence-corrected chi connectivity index (χ0v) is 18.6. The number of benzene rings is 1. The van der Waals surface area contributed by atoms with E-state index in [1.54, 1.807) is 10.8 Å². The normalized spacial score (nSPS) is 16.3. The molecule has 1 aliphatic heterocycles. The molecule has 0 radical (unpaired) electrons. The van der Waals surface area contributed by atoms with Crippen LogP contribution in [0, 0.1) is 13.8 Å². The van der Waals surface area contributed by atoms with Crippen LogP contribution in [-0.4, -0.2) is 43.2 Å². The van der Waals surface area contributed by atoms with Gasteiger partial charge in [0.1, 0.15) is 0 Å². The van der Waals surface area contributed by atoms with Gasteiger partial charge in [-0.1, -0.05) is 43.8 Å². The number of aryl methyl sites for hydroxylation is 2. The predicted molar refractivity (Wildman–Crippen MR) is 118 cm³/mol. The number of carbonyl (C=O) groups is 1. The van der Waals surface area contributed by atoms with Gasteiger partial charge in [-0.15, -0.1) is 10.2 Å². The molecule has 156 valence electrons. The SMILES string of the molecule is Cc1cc(C)n(-c2nnc(SCC(=O)/C=C3/N(C)c4ccccc4C3(C)C)n2N)n1. The Bertz CT molecular complexity index is 1160. The van der Waals surface area contributed by atoms with E-state index in [9.17, 15) is 4.79 Å². The number of hydrogen-bond acceptors (Lipinski definition) is 7. The van der Waals surface area contributed by atoms with Crippen molar-refractivity contribution in [2.24, 2.45) is 0 Å². The maximum atomic E-state index is 12.8. The Balaban J connectivity index is 1.51. The number of thioether (sulfide) groups is 1. The molecule has 2 aromatic heterocycles. The number of nitrogens with two attached hydrogens (primary N) is 1. The fourth-order valence-electron chi connectivity index (χ4n) is 3.93. The first-order valence-corrected chi connectivity index (χ1v) is 10.6. The maximum Gasteiger partial charge on any atom is 0.271 e. The zero-order chi connectivity index (χ0) is 21.6. The van der Waals surface area contributed by atoms with Gasteiger partial charge in [0.05, 0.1) is 11.4 Å². The Labute approximate surface area is 179 Å². The minimum atomic E-state index is -0.234. The van der Waals surface area contributed by atoms with E-state index < -0.39 is 0 Å². The van der Waals surface area contributed by atoms with Crippen molar-refractivity contribution in [3.63, 3.8) is 0 Å². The third-order valence-electron chi connectivity index (χ3n) is 5.43. The minimum absolute atomic E-state index is 0.00149. The third kappa shape index (κ3) is 3.28. The molecule has 0 fully saturated rings. The van der Waals surface area contributed by atoms with Crippen LogP contribution in [-0.2, 0) is 10.2 Å². The molecule has 30 heavy (non-hydrogen) atoms. The van der Waals surface area contributed by atoms with E-state index in [0.717, 1.165) is 22.8 Å². The van der Waals surface area contributed by atoms with Crippen LogP contribution >= 0.6 is 11.8 Å². The fourth-order valence-corrected chi connectivity index (χ4v) is 4.61. The number of fused-ring (bicyclic) bond motifs is 1. The molecule has 0 atom stereocenters. The van der Waals surface area contributed by atoms with Gasteiger partial charge in [-0.3, -0.25) is 4.79 Å². The van der Waals surface area contributed by atoms with Gasteiger partial charge >= 0.3 is 0 Å². The summed E-state index contributed by atoms with van der Waals surface area (Å²) in [4.78, 5) is 14.9. The first-order valence-electron chi connectivity index (χ1n) is 9.65. The molecular formula is C21H25N7OS. The Morgan fingerprint density at radius 1 is 1.23 bits per heavy atom. The van der Waals surface area contributed by atoms with Crippen LogP contribution in [0.15, 0.2) is 47.3 Å². The summed E-state index contributed by atoms with van der Waals surface area (Å²) in [5.74, 6) is 6.80. The lowest BCUT2D eigenvalue weighted by atomic mass is 9.83. The monoisotopic (exact) mass is 423 g/mol. The molecule has 0 spiro atoms. The van der Waals surface area contributed by atoms with Crippen molar-refractivity contribution in [3.05, 3.63) is 59.1 Å². The van der Waals surface area contributed by atoms with Crippen molar-refractivity contribution in [1.29, 1.82) is 0 Å². The largest absolute Gasteiger partial charge is 0.347 e. The van der Waals surface area contributed by atoms with Gasteiger partial charge in [0, 0.05) is 35.6 Å². The Kier molecular flexibility index (Phi) is 4.93. The second-order valence-electron chi connectivity index (χ2n) is 7.98. The summed E-state index contributed by atoms with van der Waals surface area (Å²) in [6, 6.07) is 10.2. The summed E-state index contributed by atoms with van der Waals surface area (Å²) < 4.78 is 3.01. The molecule has 3 heterocycles. The molecule has 8 nitrogen and oxygen atoms in total. The quantitative estimate of drug-likeness (QED) is 0.383. The fraction of sp³-hybridized carbons (Fsp3) is 0.333. The highest BCUT2D eigenvalue weighted by Crippen LogP contribution is 2.46. The summed E-state index contributed by atoms with van der Waals surface area (Å²) in [6.07, 6.45) is 1.73. The molecule has 4 rings (SSSR count). The number of para-hydroxylation sites is 1. The molecule has 2 N–H and O–H groups in total. The summed E-state index contributed by atoms with van der Waals surface area (Å²) in [7, 11) is 2.00. The molecule has 0 amide bonds. The van der Waals surface area contributed by atoms with Crippen LogP contribution in [0.25, 0.3) is 5.95 Å². The third-order valence-corrected chi connectivity index (χ3v) is 6.39. The Morgan fingerprint density at radius 2 is 1.97 bits per heavy atom. The lowest BCUT2D eigenvalue weighted by Gasteiger charge is -2.23. The molecule has 0 saturated carbocycles. The van der Waals surface area contributed by atoms with Gasteiger partial charge in [-0.05, 0) is 31.5 Å². The molecule has 9 heteroatoms. The van der Waals surface area contributed by atoms with Crippen LogP contribution < -0.4 is 10.7 Å². The lowest BCUT2D eigenvalue weighted by Crippen LogP contribution is -2.24. The van der Waals surface area contributed by atoms with E-state index in [-0.39, 0.29) is 17.0 Å². The summed E-state index contributed by atoms with van der Waals surface area (Å²) in [5.41, 5.74) is 4.88. The number of hydrogen-bond donors (Lipinski definition) is 1. The lowest BCUT2D eigenvalue weighted by molar-refractivity contribution is -0.112. The smallest absolute Gasteiger partial charge is 0.271 e. The van der Waals surface area contributed by atoms with Gasteiger partial charge in [0.25, 0.3) is 5.95 Å². The van der Waals surface area contributed by atoms with Gasteiger partial charge < -0.3 is 10.7 Å². The molecule has 1 aromatic carbocycles. The molecular weight excluding hydrogens is 398 g/mol. The predicted octanol–water partition coefficient (Wildman–Crippen LogP) is 2.77. The van der Waals surface area contributed by atoms with Gasteiger partial charge in [0.2, 0.25) is 5.16 Å². The maximum absolute atomic E-state index is 12.8. The van der Waals surface area contributed by atoms with E-state index in [4.69, 9.17) is 5.84 Å². The van der Waals surface area contributed by atoms with Crippen LogP contribution in [0.2, 0.25) is 0 Å². The van der Waals surface area contributed by atoms with Crippen LogP contribution in [0.5, 0.6) is 0 Å². The average molecular weight is 424 g/mol. The van der Waals surface area contributed by atoms with E-state index in [0.29, 0.717) is 11.1 Å². The number of carbonyl (C=O) groups excluding carboxylic acids is 1. The summed E-state index contributed by atoms with van der Waals surface area (Å²) >= 11 is 1.26. The van der Waals surface area contributed by atoms with Crippen LogP contribution in [0.3, 0.4) is 0 Å². The number of aromatic nitrogens is 5. The Morgan fingerprint density at radius 3 is 2.63 bits per heavy atom. The second kappa shape index (κ2) is 7.32. The van der Waals surface area contributed by atoms with E-state index in [1.165, 1.54) is 22.0 Å². The highest BCUT2D eigenvalue weighted by atomic mass is 32.2. The van der Waals surface area contributed by atoms with Gasteiger partial charge in [0.15, 0.2) is 5.78 Å². The zero-order valence-electron chi connectivity index (χ0n) is 17.7. The number of allylic oxidation sites excluding steroid dienone is 2. The highest BCUT2D eigenvalue weighted by Gasteiger charge is 2.38. The minimum Gasteiger partial charge on any atom is -0.347 e. The number of likely N-dealkylation sites (N-methyl/N-ethyl adjacent to an activating group) is 1. The average Bonchev–Trinajstić information content (AvgIpc) is 3.29. The number of anilines is 1. The molecule has 0 bridgehead atoms. The van der Waals surface area contributed by atoms with Gasteiger partial charge in [-0.2, -0.15) is 5.10 Å². The first kappa shape index (κ1) is 20.2. The van der Waals surface area contributed by atoms with E-state index in [2.05, 4.69) is 46.2 Å². The van der Waals surface area contributed by atoms with Crippen molar-refractivity contribution < 1.29 is 4.79 Å². The van der Waals surface area contributed by atoms with Crippen molar-refractivity contribution in [3.8, 4) is 5.95 Å². The van der Waals surface area contributed by atoms with Crippen molar-refractivity contribution in [2.75, 3.05) is 23.5 Å². The number of nitrogens with zero attached hydrogens (tertiary/aromatic N) is 6. The summed E-state index contributed by atoms with van der Waals surface area (Å²) in [6.45, 7) is 8.11.